The lowest BCUT2D eigenvalue weighted by Gasteiger charge is -2.21. The first-order chi connectivity index (χ1) is 13.1. The van der Waals surface area contributed by atoms with Crippen LogP contribution in [0.25, 0.3) is 0 Å². The van der Waals surface area contributed by atoms with Crippen molar-refractivity contribution in [2.24, 2.45) is 0 Å². The van der Waals surface area contributed by atoms with E-state index in [1.54, 1.807) is 18.2 Å². The van der Waals surface area contributed by atoms with E-state index in [1.165, 1.54) is 49.7 Å². The van der Waals surface area contributed by atoms with Gasteiger partial charge in [-0.3, -0.25) is 0 Å². The van der Waals surface area contributed by atoms with Crippen molar-refractivity contribution in [3.63, 3.8) is 0 Å². The van der Waals surface area contributed by atoms with Crippen LogP contribution in [0.3, 0.4) is 0 Å². The second kappa shape index (κ2) is 7.70. The van der Waals surface area contributed by atoms with Crippen LogP contribution in [0.15, 0.2) is 52.3 Å². The molecule has 0 spiro atoms. The van der Waals surface area contributed by atoms with Crippen molar-refractivity contribution in [2.45, 2.75) is 16.3 Å². The average Bonchev–Trinajstić information content (AvgIpc) is 2.67. The van der Waals surface area contributed by atoms with Gasteiger partial charge in [-0.2, -0.15) is 4.31 Å². The lowest BCUT2D eigenvalue weighted by Crippen LogP contribution is -2.27. The lowest BCUT2D eigenvalue weighted by atomic mass is 10.2. The van der Waals surface area contributed by atoms with Gasteiger partial charge < -0.3 is 9.47 Å². The second-order valence-corrected chi connectivity index (χ2v) is 10.7. The Balaban J connectivity index is 1.85. The molecule has 10 heteroatoms. The number of benzene rings is 2. The molecule has 3 rings (SSSR count). The van der Waals surface area contributed by atoms with E-state index < -0.39 is 20.0 Å². The van der Waals surface area contributed by atoms with Gasteiger partial charge in [0, 0.05) is 33.8 Å². The molecule has 1 aliphatic heterocycles. The number of rotatable bonds is 6. The molecule has 152 valence electrons. The van der Waals surface area contributed by atoms with Gasteiger partial charge in [0.25, 0.3) is 0 Å². The van der Waals surface area contributed by atoms with Gasteiger partial charge in [-0.15, -0.1) is 0 Å². The van der Waals surface area contributed by atoms with Crippen LogP contribution in [-0.4, -0.2) is 59.8 Å². The summed E-state index contributed by atoms with van der Waals surface area (Å²) in [6.07, 6.45) is 0. The Morgan fingerprint density at radius 2 is 1.46 bits per heavy atom. The number of sulfonamides is 2. The molecule has 0 aromatic heterocycles. The maximum Gasteiger partial charge on any atom is 0.243 e. The maximum absolute atomic E-state index is 12.9. The van der Waals surface area contributed by atoms with Crippen molar-refractivity contribution in [3.05, 3.63) is 48.0 Å². The lowest BCUT2D eigenvalue weighted by molar-refractivity contribution is 0.171. The Labute approximate surface area is 165 Å². The topological polar surface area (TPSA) is 93.2 Å². The summed E-state index contributed by atoms with van der Waals surface area (Å²) in [4.78, 5) is 0.191. The first kappa shape index (κ1) is 20.6. The predicted octanol–water partition coefficient (Wildman–Crippen LogP) is 1.53. The molecule has 0 bridgehead atoms. The van der Waals surface area contributed by atoms with Crippen LogP contribution in [0.5, 0.6) is 11.5 Å². The molecule has 1 aliphatic rings. The van der Waals surface area contributed by atoms with Crippen LogP contribution >= 0.6 is 0 Å². The highest BCUT2D eigenvalue weighted by Gasteiger charge is 2.24. The molecule has 8 nitrogen and oxygen atoms in total. The van der Waals surface area contributed by atoms with Crippen LogP contribution in [0.1, 0.15) is 5.56 Å². The normalized spacial score (nSPS) is 14.5. The Bertz CT molecular complexity index is 1080. The molecule has 0 amide bonds. The van der Waals surface area contributed by atoms with Gasteiger partial charge in [-0.1, -0.05) is 12.1 Å². The SMILES string of the molecule is CN(C)S(=O)(=O)c1cccc(CN(C)S(=O)(=O)c2ccc3c(c2)OCCO3)c1. The summed E-state index contributed by atoms with van der Waals surface area (Å²) in [5, 5.41) is 0. The monoisotopic (exact) mass is 426 g/mol. The van der Waals surface area contributed by atoms with Crippen LogP contribution in [0.2, 0.25) is 0 Å². The third-order valence-electron chi connectivity index (χ3n) is 4.30. The highest BCUT2D eigenvalue weighted by atomic mass is 32.2. The van der Waals surface area contributed by atoms with Crippen LogP contribution in [0.4, 0.5) is 0 Å². The number of ether oxygens (including phenoxy) is 2. The summed E-state index contributed by atoms with van der Waals surface area (Å²) in [6, 6.07) is 10.7. The largest absolute Gasteiger partial charge is 0.486 e. The minimum absolute atomic E-state index is 0.0214. The first-order valence-electron chi connectivity index (χ1n) is 8.50. The van der Waals surface area contributed by atoms with E-state index in [2.05, 4.69) is 0 Å². The van der Waals surface area contributed by atoms with Crippen molar-refractivity contribution in [3.8, 4) is 11.5 Å². The van der Waals surface area contributed by atoms with E-state index in [1.807, 2.05) is 0 Å². The molecule has 1 heterocycles. The fourth-order valence-corrected chi connectivity index (χ4v) is 4.87. The average molecular weight is 427 g/mol. The molecule has 2 aromatic carbocycles. The zero-order valence-electron chi connectivity index (χ0n) is 15.8. The molecule has 0 unspecified atom stereocenters. The summed E-state index contributed by atoms with van der Waals surface area (Å²) >= 11 is 0. The van der Waals surface area contributed by atoms with Gasteiger partial charge in [0.1, 0.15) is 13.2 Å². The van der Waals surface area contributed by atoms with Gasteiger partial charge in [-0.25, -0.2) is 21.1 Å². The van der Waals surface area contributed by atoms with E-state index in [0.29, 0.717) is 30.3 Å². The Kier molecular flexibility index (Phi) is 5.67. The molecule has 0 radical (unpaired) electrons. The Hall–Kier alpha value is -2.14. The van der Waals surface area contributed by atoms with Crippen molar-refractivity contribution in [1.82, 2.24) is 8.61 Å². The number of fused-ring (bicyclic) bond motifs is 1. The molecule has 0 N–H and O–H groups in total. The molecule has 0 atom stereocenters. The highest BCUT2D eigenvalue weighted by Crippen LogP contribution is 2.33. The minimum Gasteiger partial charge on any atom is -0.486 e. The van der Waals surface area contributed by atoms with E-state index in [4.69, 9.17) is 9.47 Å². The van der Waals surface area contributed by atoms with Crippen molar-refractivity contribution in [1.29, 1.82) is 0 Å². The molecule has 0 saturated heterocycles. The summed E-state index contributed by atoms with van der Waals surface area (Å²) < 4.78 is 63.6. The van der Waals surface area contributed by atoms with Gasteiger partial charge in [-0.05, 0) is 29.8 Å². The van der Waals surface area contributed by atoms with Crippen LogP contribution < -0.4 is 9.47 Å². The molecule has 0 aliphatic carbocycles. The Morgan fingerprint density at radius 3 is 2.14 bits per heavy atom. The fourth-order valence-electron chi connectivity index (χ4n) is 2.72. The number of hydrogen-bond donors (Lipinski definition) is 0. The third kappa shape index (κ3) is 4.00. The molecule has 0 fully saturated rings. The van der Waals surface area contributed by atoms with Gasteiger partial charge in [0.2, 0.25) is 20.0 Å². The second-order valence-electron chi connectivity index (χ2n) is 6.50. The Morgan fingerprint density at radius 1 is 0.821 bits per heavy atom. The maximum atomic E-state index is 12.9. The number of hydrogen-bond acceptors (Lipinski definition) is 6. The summed E-state index contributed by atoms with van der Waals surface area (Å²) in [5.41, 5.74) is 0.562. The highest BCUT2D eigenvalue weighted by molar-refractivity contribution is 7.89. The summed E-state index contributed by atoms with van der Waals surface area (Å²) in [5.74, 6) is 0.897. The zero-order chi connectivity index (χ0) is 20.5. The van der Waals surface area contributed by atoms with Gasteiger partial charge in [0.05, 0.1) is 9.79 Å². The summed E-state index contributed by atoms with van der Waals surface area (Å²) in [7, 11) is -3.06. The van der Waals surface area contributed by atoms with Gasteiger partial charge in [0.15, 0.2) is 11.5 Å². The van der Waals surface area contributed by atoms with E-state index in [-0.39, 0.29) is 16.3 Å². The smallest absolute Gasteiger partial charge is 0.243 e. The first-order valence-corrected chi connectivity index (χ1v) is 11.4. The van der Waals surface area contributed by atoms with Gasteiger partial charge >= 0.3 is 0 Å². The molecular weight excluding hydrogens is 404 g/mol. The van der Waals surface area contributed by atoms with Crippen LogP contribution in [0, 0.1) is 0 Å². The van der Waals surface area contributed by atoms with Crippen LogP contribution in [-0.2, 0) is 26.6 Å². The zero-order valence-corrected chi connectivity index (χ0v) is 17.5. The minimum atomic E-state index is -3.80. The molecular formula is C18H22N2O6S2. The standard InChI is InChI=1S/C18H22N2O6S2/c1-19(2)27(21,22)15-6-4-5-14(11-15)13-20(3)28(23,24)16-7-8-17-18(12-16)26-10-9-25-17/h4-8,11-12H,9-10,13H2,1-3H3. The molecule has 2 aromatic rings. The van der Waals surface area contributed by atoms with Crippen molar-refractivity contribution >= 4 is 20.0 Å². The quantitative estimate of drug-likeness (QED) is 0.696. The predicted molar refractivity (Wildman–Crippen MR) is 103 cm³/mol. The number of nitrogens with zero attached hydrogens (tertiary/aromatic N) is 2. The molecule has 0 saturated carbocycles. The van der Waals surface area contributed by atoms with E-state index in [0.717, 1.165) is 4.31 Å². The molecule has 28 heavy (non-hydrogen) atoms. The summed E-state index contributed by atoms with van der Waals surface area (Å²) in [6.45, 7) is 0.804. The third-order valence-corrected chi connectivity index (χ3v) is 7.91. The van der Waals surface area contributed by atoms with Crippen molar-refractivity contribution < 1.29 is 26.3 Å². The fraction of sp³-hybridized carbons (Fsp3) is 0.333. The van der Waals surface area contributed by atoms with E-state index >= 15 is 0 Å². The van der Waals surface area contributed by atoms with E-state index in [9.17, 15) is 16.8 Å². The van der Waals surface area contributed by atoms with Crippen molar-refractivity contribution in [2.75, 3.05) is 34.4 Å².